The maximum atomic E-state index is 5.84. The van der Waals surface area contributed by atoms with Crippen LogP contribution in [0.4, 0.5) is 0 Å². The number of para-hydroxylation sites is 2. The van der Waals surface area contributed by atoms with Crippen molar-refractivity contribution in [2.24, 2.45) is 0 Å². The fourth-order valence-corrected chi connectivity index (χ4v) is 2.15. The van der Waals surface area contributed by atoms with Crippen molar-refractivity contribution >= 4 is 0 Å². The van der Waals surface area contributed by atoms with Crippen molar-refractivity contribution in [3.05, 3.63) is 36.0 Å². The number of nitrogens with zero attached hydrogens (tertiary/aromatic N) is 2. The van der Waals surface area contributed by atoms with Gasteiger partial charge < -0.3 is 19.3 Å². The van der Waals surface area contributed by atoms with E-state index in [4.69, 9.17) is 14.0 Å². The van der Waals surface area contributed by atoms with Crippen molar-refractivity contribution in [3.63, 3.8) is 0 Å². The third-order valence-corrected chi connectivity index (χ3v) is 3.38. The van der Waals surface area contributed by atoms with E-state index in [0.717, 1.165) is 24.6 Å². The largest absolute Gasteiger partial charge is 0.485 e. The monoisotopic (exact) mass is 259 g/mol. The highest BCUT2D eigenvalue weighted by molar-refractivity contribution is 5.40. The maximum absolute atomic E-state index is 5.84. The highest BCUT2D eigenvalue weighted by Crippen LogP contribution is 2.35. The molecule has 0 aliphatic carbocycles. The van der Waals surface area contributed by atoms with Crippen molar-refractivity contribution in [2.75, 3.05) is 19.7 Å². The van der Waals surface area contributed by atoms with E-state index in [1.54, 1.807) is 0 Å². The molecule has 1 aromatic carbocycles. The van der Waals surface area contributed by atoms with Crippen LogP contribution in [0.2, 0.25) is 0 Å². The van der Waals surface area contributed by atoms with E-state index < -0.39 is 0 Å². The highest BCUT2D eigenvalue weighted by atomic mass is 16.6. The lowest BCUT2D eigenvalue weighted by molar-refractivity contribution is 0.0832. The minimum Gasteiger partial charge on any atom is -0.485 e. The van der Waals surface area contributed by atoms with Crippen molar-refractivity contribution in [2.45, 2.75) is 12.0 Å². The number of fused-ring (bicyclic) bond motifs is 1. The molecule has 2 aromatic rings. The van der Waals surface area contributed by atoms with E-state index in [1.165, 1.54) is 0 Å². The molecule has 1 N–H and O–H groups in total. The predicted molar refractivity (Wildman–Crippen MR) is 65.2 cm³/mol. The smallest absolute Gasteiger partial charge is 0.232 e. The Kier molecular flexibility index (Phi) is 2.41. The summed E-state index contributed by atoms with van der Waals surface area (Å²) >= 11 is 0. The van der Waals surface area contributed by atoms with E-state index in [1.807, 2.05) is 24.3 Å². The molecule has 2 aliphatic heterocycles. The molecule has 3 heterocycles. The first-order chi connectivity index (χ1) is 9.40. The van der Waals surface area contributed by atoms with Gasteiger partial charge in [0, 0.05) is 13.1 Å². The zero-order valence-electron chi connectivity index (χ0n) is 10.2. The van der Waals surface area contributed by atoms with E-state index in [-0.39, 0.29) is 6.10 Å². The molecular weight excluding hydrogens is 246 g/mol. The standard InChI is InChI=1S/C13H13N3O3/c1-2-4-10-9(3-1)17-7-11(18-10)12-15-13(19-16-12)8-5-14-6-8/h1-4,8,11,14H,5-7H2. The van der Waals surface area contributed by atoms with E-state index >= 15 is 0 Å². The van der Waals surface area contributed by atoms with Crippen molar-refractivity contribution < 1.29 is 14.0 Å². The Morgan fingerprint density at radius 1 is 1.16 bits per heavy atom. The van der Waals surface area contributed by atoms with Gasteiger partial charge in [-0.2, -0.15) is 4.98 Å². The lowest BCUT2D eigenvalue weighted by Gasteiger charge is -2.24. The highest BCUT2D eigenvalue weighted by Gasteiger charge is 2.30. The van der Waals surface area contributed by atoms with Gasteiger partial charge in [-0.3, -0.25) is 0 Å². The van der Waals surface area contributed by atoms with Crippen LogP contribution in [0.5, 0.6) is 11.5 Å². The van der Waals surface area contributed by atoms with Gasteiger partial charge in [0.2, 0.25) is 11.7 Å². The van der Waals surface area contributed by atoms with E-state index in [0.29, 0.717) is 24.2 Å². The normalized spacial score (nSPS) is 22.0. The summed E-state index contributed by atoms with van der Waals surface area (Å²) in [6, 6.07) is 7.58. The first-order valence-corrected chi connectivity index (χ1v) is 6.33. The second-order valence-electron chi connectivity index (χ2n) is 4.71. The minimum absolute atomic E-state index is 0.305. The number of hydrogen-bond acceptors (Lipinski definition) is 6. The van der Waals surface area contributed by atoms with Gasteiger partial charge in [-0.1, -0.05) is 17.3 Å². The summed E-state index contributed by atoms with van der Waals surface area (Å²) in [5.41, 5.74) is 0. The number of rotatable bonds is 2. The number of benzene rings is 1. The fourth-order valence-electron chi connectivity index (χ4n) is 2.15. The summed E-state index contributed by atoms with van der Waals surface area (Å²) in [6.07, 6.45) is -0.305. The van der Waals surface area contributed by atoms with Crippen LogP contribution in [-0.4, -0.2) is 29.8 Å². The van der Waals surface area contributed by atoms with Gasteiger partial charge in [0.25, 0.3) is 0 Å². The Morgan fingerprint density at radius 3 is 2.79 bits per heavy atom. The molecule has 6 heteroatoms. The van der Waals surface area contributed by atoms with Crippen LogP contribution in [0.15, 0.2) is 28.8 Å². The van der Waals surface area contributed by atoms with Crippen molar-refractivity contribution in [1.82, 2.24) is 15.5 Å². The third-order valence-electron chi connectivity index (χ3n) is 3.38. The first kappa shape index (κ1) is 10.8. The van der Waals surface area contributed by atoms with Crippen LogP contribution < -0.4 is 14.8 Å². The van der Waals surface area contributed by atoms with Gasteiger partial charge in [0.1, 0.15) is 6.61 Å². The Balaban J connectivity index is 1.55. The predicted octanol–water partition coefficient (Wildman–Crippen LogP) is 1.27. The third kappa shape index (κ3) is 1.84. The van der Waals surface area contributed by atoms with Crippen LogP contribution in [0.25, 0.3) is 0 Å². The molecule has 1 atom stereocenters. The summed E-state index contributed by atoms with van der Waals surface area (Å²) in [5.74, 6) is 3.03. The second kappa shape index (κ2) is 4.24. The van der Waals surface area contributed by atoms with Gasteiger partial charge in [-0.25, -0.2) is 0 Å². The summed E-state index contributed by atoms with van der Waals surface area (Å²) in [6.45, 7) is 2.19. The lowest BCUT2D eigenvalue weighted by Crippen LogP contribution is -2.40. The first-order valence-electron chi connectivity index (χ1n) is 6.33. The quantitative estimate of drug-likeness (QED) is 0.875. The fraction of sp³-hybridized carbons (Fsp3) is 0.385. The molecule has 19 heavy (non-hydrogen) atoms. The van der Waals surface area contributed by atoms with Crippen LogP contribution in [-0.2, 0) is 0 Å². The molecule has 6 nitrogen and oxygen atoms in total. The van der Waals surface area contributed by atoms with Gasteiger partial charge in [-0.15, -0.1) is 0 Å². The second-order valence-corrected chi connectivity index (χ2v) is 4.71. The average molecular weight is 259 g/mol. The zero-order chi connectivity index (χ0) is 12.7. The number of ether oxygens (including phenoxy) is 2. The van der Waals surface area contributed by atoms with Gasteiger partial charge in [-0.05, 0) is 12.1 Å². The van der Waals surface area contributed by atoms with E-state index in [9.17, 15) is 0 Å². The number of hydrogen-bond donors (Lipinski definition) is 1. The summed E-state index contributed by atoms with van der Waals surface area (Å²) in [5, 5.41) is 7.17. The molecule has 0 radical (unpaired) electrons. The van der Waals surface area contributed by atoms with E-state index in [2.05, 4.69) is 15.5 Å². The van der Waals surface area contributed by atoms with Crippen LogP contribution >= 0.6 is 0 Å². The topological polar surface area (TPSA) is 69.4 Å². The van der Waals surface area contributed by atoms with Gasteiger partial charge >= 0.3 is 0 Å². The number of nitrogens with one attached hydrogen (secondary N) is 1. The molecular formula is C13H13N3O3. The minimum atomic E-state index is -0.305. The summed E-state index contributed by atoms with van der Waals surface area (Å²) in [4.78, 5) is 4.41. The molecule has 4 rings (SSSR count). The molecule has 0 saturated carbocycles. The molecule has 0 spiro atoms. The Bertz CT molecular complexity index is 594. The summed E-state index contributed by atoms with van der Waals surface area (Å²) < 4.78 is 16.8. The molecule has 1 aromatic heterocycles. The van der Waals surface area contributed by atoms with Crippen molar-refractivity contribution in [1.29, 1.82) is 0 Å². The van der Waals surface area contributed by atoms with Crippen LogP contribution in [0, 0.1) is 0 Å². The molecule has 2 aliphatic rings. The molecule has 0 amide bonds. The lowest BCUT2D eigenvalue weighted by atomic mass is 10.0. The van der Waals surface area contributed by atoms with Crippen molar-refractivity contribution in [3.8, 4) is 11.5 Å². The Morgan fingerprint density at radius 2 is 2.00 bits per heavy atom. The Labute approximate surface area is 109 Å². The molecule has 1 saturated heterocycles. The average Bonchev–Trinajstić information content (AvgIpc) is 2.85. The molecule has 1 fully saturated rings. The maximum Gasteiger partial charge on any atom is 0.232 e. The number of aromatic nitrogens is 2. The summed E-state index contributed by atoms with van der Waals surface area (Å²) in [7, 11) is 0. The SMILES string of the molecule is c1ccc2c(c1)OCC(c1noc(C3CNC3)n1)O2. The van der Waals surface area contributed by atoms with Crippen LogP contribution in [0.3, 0.4) is 0 Å². The van der Waals surface area contributed by atoms with Gasteiger partial charge in [0.05, 0.1) is 5.92 Å². The van der Waals surface area contributed by atoms with Gasteiger partial charge in [0.15, 0.2) is 17.6 Å². The Hall–Kier alpha value is -2.08. The van der Waals surface area contributed by atoms with Crippen LogP contribution in [0.1, 0.15) is 23.7 Å². The molecule has 98 valence electrons. The zero-order valence-corrected chi connectivity index (χ0v) is 10.2. The molecule has 1 unspecified atom stereocenters. The molecule has 0 bridgehead atoms.